The van der Waals surface area contributed by atoms with Crippen LogP contribution in [-0.2, 0) is 4.79 Å². The Labute approximate surface area is 111 Å². The summed E-state index contributed by atoms with van der Waals surface area (Å²) in [5.74, 6) is 0.604. The Kier molecular flexibility index (Phi) is 3.64. The van der Waals surface area contributed by atoms with Gasteiger partial charge in [0, 0.05) is 18.3 Å². The van der Waals surface area contributed by atoms with Gasteiger partial charge in [0.15, 0.2) is 0 Å². The summed E-state index contributed by atoms with van der Waals surface area (Å²) < 4.78 is 0.803. The van der Waals surface area contributed by atoms with E-state index < -0.39 is 0 Å². The lowest BCUT2D eigenvalue weighted by Gasteiger charge is -2.18. The third-order valence-electron chi connectivity index (χ3n) is 2.76. The zero-order valence-corrected chi connectivity index (χ0v) is 12.1. The normalized spacial score (nSPS) is 20.6. The van der Waals surface area contributed by atoms with E-state index in [4.69, 9.17) is 0 Å². The standard InChI is InChI=1S/C11H12Br2N2O/c1-7-2-10(13)14-5-9(7)15-6-8(4-12)3-11(15)16/h2,5,8H,3-4,6H2,1H3. The number of alkyl halides is 1. The molecule has 1 unspecified atom stereocenters. The van der Waals surface area contributed by atoms with Gasteiger partial charge >= 0.3 is 0 Å². The quantitative estimate of drug-likeness (QED) is 0.608. The van der Waals surface area contributed by atoms with Crippen LogP contribution in [0.5, 0.6) is 0 Å². The molecule has 1 atom stereocenters. The van der Waals surface area contributed by atoms with E-state index in [9.17, 15) is 4.79 Å². The molecule has 16 heavy (non-hydrogen) atoms. The first-order chi connectivity index (χ1) is 7.61. The second kappa shape index (κ2) is 4.84. The maximum atomic E-state index is 11.8. The summed E-state index contributed by atoms with van der Waals surface area (Å²) in [6, 6.07) is 1.93. The van der Waals surface area contributed by atoms with Crippen LogP contribution in [0, 0.1) is 12.8 Å². The number of rotatable bonds is 2. The van der Waals surface area contributed by atoms with Crippen molar-refractivity contribution in [1.82, 2.24) is 4.98 Å². The number of aryl methyl sites for hydroxylation is 1. The molecule has 0 aliphatic carbocycles. The minimum absolute atomic E-state index is 0.191. The highest BCUT2D eigenvalue weighted by molar-refractivity contribution is 9.10. The van der Waals surface area contributed by atoms with Crippen molar-refractivity contribution in [2.45, 2.75) is 13.3 Å². The first-order valence-electron chi connectivity index (χ1n) is 5.10. The fraction of sp³-hybridized carbons (Fsp3) is 0.455. The molecule has 0 aromatic carbocycles. The van der Waals surface area contributed by atoms with E-state index >= 15 is 0 Å². The van der Waals surface area contributed by atoms with E-state index in [2.05, 4.69) is 36.8 Å². The number of hydrogen-bond acceptors (Lipinski definition) is 2. The number of carbonyl (C=O) groups is 1. The predicted molar refractivity (Wildman–Crippen MR) is 70.9 cm³/mol. The highest BCUT2D eigenvalue weighted by Crippen LogP contribution is 2.29. The lowest BCUT2D eigenvalue weighted by atomic mass is 10.2. The van der Waals surface area contributed by atoms with Crippen LogP contribution in [0.1, 0.15) is 12.0 Å². The van der Waals surface area contributed by atoms with E-state index in [0.29, 0.717) is 12.3 Å². The Morgan fingerprint density at radius 1 is 1.62 bits per heavy atom. The van der Waals surface area contributed by atoms with Gasteiger partial charge in [-0.1, -0.05) is 15.9 Å². The minimum Gasteiger partial charge on any atom is -0.310 e. The number of carbonyl (C=O) groups excluding carboxylic acids is 1. The van der Waals surface area contributed by atoms with Crippen molar-refractivity contribution in [1.29, 1.82) is 0 Å². The predicted octanol–water partition coefficient (Wildman–Crippen LogP) is 2.90. The Morgan fingerprint density at radius 3 is 2.94 bits per heavy atom. The van der Waals surface area contributed by atoms with Crippen LogP contribution >= 0.6 is 31.9 Å². The van der Waals surface area contributed by atoms with Gasteiger partial charge in [0.1, 0.15) is 4.60 Å². The lowest BCUT2D eigenvalue weighted by Crippen LogP contribution is -2.25. The second-order valence-corrected chi connectivity index (χ2v) is 5.48. The largest absolute Gasteiger partial charge is 0.310 e. The molecule has 2 rings (SSSR count). The molecular formula is C11H12Br2N2O. The molecule has 0 saturated carbocycles. The molecule has 2 heterocycles. The summed E-state index contributed by atoms with van der Waals surface area (Å²) in [6.45, 7) is 2.78. The van der Waals surface area contributed by atoms with E-state index in [1.807, 2.05) is 17.9 Å². The van der Waals surface area contributed by atoms with Gasteiger partial charge in [-0.3, -0.25) is 4.79 Å². The third-order valence-corrected chi connectivity index (χ3v) is 4.11. The van der Waals surface area contributed by atoms with Crippen molar-refractivity contribution in [3.8, 4) is 0 Å². The number of amides is 1. The molecule has 0 radical (unpaired) electrons. The van der Waals surface area contributed by atoms with Crippen LogP contribution < -0.4 is 4.90 Å². The molecule has 1 aliphatic rings. The van der Waals surface area contributed by atoms with Crippen molar-refractivity contribution in [2.75, 3.05) is 16.8 Å². The molecule has 1 aromatic rings. The molecule has 86 valence electrons. The van der Waals surface area contributed by atoms with Gasteiger partial charge < -0.3 is 4.90 Å². The zero-order valence-electron chi connectivity index (χ0n) is 8.91. The van der Waals surface area contributed by atoms with Crippen LogP contribution in [0.3, 0.4) is 0 Å². The molecule has 3 nitrogen and oxygen atoms in total. The molecule has 1 aliphatic heterocycles. The SMILES string of the molecule is Cc1cc(Br)ncc1N1CC(CBr)CC1=O. The Hall–Kier alpha value is -0.420. The number of hydrogen-bond donors (Lipinski definition) is 0. The Balaban J connectivity index is 2.28. The van der Waals surface area contributed by atoms with Gasteiger partial charge in [0.25, 0.3) is 0 Å². The zero-order chi connectivity index (χ0) is 11.7. The first kappa shape index (κ1) is 12.0. The maximum Gasteiger partial charge on any atom is 0.227 e. The Morgan fingerprint density at radius 2 is 2.38 bits per heavy atom. The molecule has 0 spiro atoms. The van der Waals surface area contributed by atoms with Gasteiger partial charge in [-0.25, -0.2) is 4.98 Å². The third kappa shape index (κ3) is 2.30. The van der Waals surface area contributed by atoms with Gasteiger partial charge in [-0.05, 0) is 40.4 Å². The highest BCUT2D eigenvalue weighted by Gasteiger charge is 2.30. The summed E-state index contributed by atoms with van der Waals surface area (Å²) in [5.41, 5.74) is 2.00. The van der Waals surface area contributed by atoms with Gasteiger partial charge in [-0.15, -0.1) is 0 Å². The fourth-order valence-corrected chi connectivity index (χ4v) is 2.79. The number of pyridine rings is 1. The van der Waals surface area contributed by atoms with Crippen molar-refractivity contribution in [3.05, 3.63) is 22.4 Å². The van der Waals surface area contributed by atoms with Gasteiger partial charge in [0.05, 0.1) is 11.9 Å². The van der Waals surface area contributed by atoms with Crippen molar-refractivity contribution in [3.63, 3.8) is 0 Å². The highest BCUT2D eigenvalue weighted by atomic mass is 79.9. The summed E-state index contributed by atoms with van der Waals surface area (Å²) in [5, 5.41) is 0.873. The number of aromatic nitrogens is 1. The molecule has 1 amide bonds. The monoisotopic (exact) mass is 346 g/mol. The number of anilines is 1. The minimum atomic E-state index is 0.191. The van der Waals surface area contributed by atoms with E-state index in [1.165, 1.54) is 0 Å². The summed E-state index contributed by atoms with van der Waals surface area (Å²) in [6.07, 6.45) is 2.38. The molecule has 0 N–H and O–H groups in total. The average molecular weight is 348 g/mol. The summed E-state index contributed by atoms with van der Waals surface area (Å²) in [7, 11) is 0. The van der Waals surface area contributed by atoms with E-state index in [1.54, 1.807) is 6.20 Å². The van der Waals surface area contributed by atoms with Gasteiger partial charge in [0.2, 0.25) is 5.91 Å². The van der Waals surface area contributed by atoms with Crippen LogP contribution in [-0.4, -0.2) is 22.8 Å². The summed E-state index contributed by atoms with van der Waals surface area (Å²) in [4.78, 5) is 17.9. The number of nitrogens with zero attached hydrogens (tertiary/aromatic N) is 2. The van der Waals surface area contributed by atoms with E-state index in [-0.39, 0.29) is 5.91 Å². The molecule has 0 bridgehead atoms. The second-order valence-electron chi connectivity index (χ2n) is 4.02. The maximum absolute atomic E-state index is 11.8. The van der Waals surface area contributed by atoms with Crippen molar-refractivity contribution >= 4 is 43.5 Å². The fourth-order valence-electron chi connectivity index (χ4n) is 1.91. The van der Waals surface area contributed by atoms with Crippen LogP contribution in [0.4, 0.5) is 5.69 Å². The summed E-state index contributed by atoms with van der Waals surface area (Å²) >= 11 is 6.76. The van der Waals surface area contributed by atoms with Crippen LogP contribution in [0.15, 0.2) is 16.9 Å². The molecule has 1 saturated heterocycles. The number of halogens is 2. The molecule has 5 heteroatoms. The first-order valence-corrected chi connectivity index (χ1v) is 7.01. The molecular weight excluding hydrogens is 336 g/mol. The van der Waals surface area contributed by atoms with Crippen LogP contribution in [0.25, 0.3) is 0 Å². The Bertz CT molecular complexity index is 422. The van der Waals surface area contributed by atoms with Crippen molar-refractivity contribution < 1.29 is 4.79 Å². The molecule has 1 fully saturated rings. The average Bonchev–Trinajstić information content (AvgIpc) is 2.60. The topological polar surface area (TPSA) is 33.2 Å². The lowest BCUT2D eigenvalue weighted by molar-refractivity contribution is -0.117. The van der Waals surface area contributed by atoms with Gasteiger partial charge in [-0.2, -0.15) is 0 Å². The van der Waals surface area contributed by atoms with Crippen LogP contribution in [0.2, 0.25) is 0 Å². The van der Waals surface area contributed by atoms with E-state index in [0.717, 1.165) is 27.7 Å². The van der Waals surface area contributed by atoms with Crippen molar-refractivity contribution in [2.24, 2.45) is 5.92 Å². The smallest absolute Gasteiger partial charge is 0.227 e. The molecule has 1 aromatic heterocycles.